The maximum Gasteiger partial charge on any atom is 0.323 e. The van der Waals surface area contributed by atoms with Crippen molar-refractivity contribution in [1.82, 2.24) is 9.21 Å². The van der Waals surface area contributed by atoms with E-state index in [1.54, 1.807) is 0 Å². The molecule has 96 valence electrons. The second kappa shape index (κ2) is 5.49. The molecule has 1 N–H and O–H groups in total. The van der Waals surface area contributed by atoms with E-state index in [0.717, 1.165) is 0 Å². The average molecular weight is 260 g/mol. The summed E-state index contributed by atoms with van der Waals surface area (Å²) in [7, 11) is -3.74. The van der Waals surface area contributed by atoms with Gasteiger partial charge in [0, 0.05) is 26.2 Å². The van der Waals surface area contributed by atoms with Crippen LogP contribution < -0.4 is 0 Å². The van der Waals surface area contributed by atoms with Gasteiger partial charge >= 0.3 is 5.97 Å². The van der Waals surface area contributed by atoms with Gasteiger partial charge in [-0.15, -0.1) is 6.42 Å². The van der Waals surface area contributed by atoms with Gasteiger partial charge in [0.15, 0.2) is 5.25 Å². The van der Waals surface area contributed by atoms with Crippen molar-refractivity contribution in [2.75, 3.05) is 32.7 Å². The lowest BCUT2D eigenvalue weighted by atomic mass is 10.3. The number of carboxylic acid groups (broad SMARTS) is 1. The van der Waals surface area contributed by atoms with E-state index in [4.69, 9.17) is 11.5 Å². The molecule has 0 aliphatic carbocycles. The van der Waals surface area contributed by atoms with E-state index in [-0.39, 0.29) is 0 Å². The molecular weight excluding hydrogens is 244 g/mol. The molecule has 17 heavy (non-hydrogen) atoms. The molecule has 0 spiro atoms. The predicted octanol–water partition coefficient (Wildman–Crippen LogP) is -0.960. The third-order valence-corrected chi connectivity index (χ3v) is 4.98. The maximum absolute atomic E-state index is 11.9. The zero-order valence-electron chi connectivity index (χ0n) is 9.66. The normalized spacial score (nSPS) is 20.7. The molecule has 1 fully saturated rings. The number of rotatable bonds is 4. The average Bonchev–Trinajstić information content (AvgIpc) is 2.29. The van der Waals surface area contributed by atoms with E-state index < -0.39 is 21.2 Å². The third-order valence-electron chi connectivity index (χ3n) is 2.80. The number of hydrogen-bond donors (Lipinski definition) is 1. The second-order valence-corrected chi connectivity index (χ2v) is 6.16. The number of piperazine rings is 1. The molecule has 1 rings (SSSR count). The van der Waals surface area contributed by atoms with Crippen molar-refractivity contribution in [3.63, 3.8) is 0 Å². The summed E-state index contributed by atoms with van der Waals surface area (Å²) in [5.41, 5.74) is 0. The first-order valence-corrected chi connectivity index (χ1v) is 6.77. The van der Waals surface area contributed by atoms with Crippen LogP contribution in [0.25, 0.3) is 0 Å². The van der Waals surface area contributed by atoms with Crippen LogP contribution in [0.3, 0.4) is 0 Å². The van der Waals surface area contributed by atoms with E-state index in [0.29, 0.717) is 32.7 Å². The third kappa shape index (κ3) is 3.19. The Balaban J connectivity index is 2.66. The fourth-order valence-electron chi connectivity index (χ4n) is 1.62. The first-order chi connectivity index (χ1) is 7.89. The van der Waals surface area contributed by atoms with Crippen molar-refractivity contribution in [1.29, 1.82) is 0 Å². The van der Waals surface area contributed by atoms with Crippen molar-refractivity contribution < 1.29 is 18.3 Å². The van der Waals surface area contributed by atoms with Gasteiger partial charge in [0.1, 0.15) is 0 Å². The van der Waals surface area contributed by atoms with E-state index in [1.807, 2.05) is 4.90 Å². The fraction of sp³-hybridized carbons (Fsp3) is 0.700. The van der Waals surface area contributed by atoms with Crippen LogP contribution >= 0.6 is 0 Å². The van der Waals surface area contributed by atoms with Crippen LogP contribution in [-0.2, 0) is 14.8 Å². The van der Waals surface area contributed by atoms with Crippen LogP contribution in [0.4, 0.5) is 0 Å². The molecule has 1 heterocycles. The van der Waals surface area contributed by atoms with Gasteiger partial charge in [0.25, 0.3) is 0 Å². The SMILES string of the molecule is C#CCN1CCN(S(=O)(=O)C(C)C(=O)O)CC1. The van der Waals surface area contributed by atoms with E-state index in [1.165, 1.54) is 11.2 Å². The highest BCUT2D eigenvalue weighted by Crippen LogP contribution is 2.12. The van der Waals surface area contributed by atoms with Gasteiger partial charge < -0.3 is 5.11 Å². The Morgan fingerprint density at radius 3 is 2.35 bits per heavy atom. The summed E-state index contributed by atoms with van der Waals surface area (Å²) >= 11 is 0. The molecule has 0 radical (unpaired) electrons. The van der Waals surface area contributed by atoms with Crippen LogP contribution in [0.2, 0.25) is 0 Å². The second-order valence-electron chi connectivity index (χ2n) is 3.90. The van der Waals surface area contributed by atoms with Crippen LogP contribution in [0.5, 0.6) is 0 Å². The van der Waals surface area contributed by atoms with Gasteiger partial charge in [-0.2, -0.15) is 4.31 Å². The standard InChI is InChI=1S/C10H16N2O4S/c1-3-4-11-5-7-12(8-6-11)17(15,16)9(2)10(13)14/h1,9H,4-8H2,2H3,(H,13,14). The lowest BCUT2D eigenvalue weighted by Gasteiger charge is -2.33. The maximum atomic E-state index is 11.9. The Bertz CT molecular complexity index is 418. The van der Waals surface area contributed by atoms with E-state index >= 15 is 0 Å². The number of carboxylic acids is 1. The van der Waals surface area contributed by atoms with Gasteiger partial charge in [0.05, 0.1) is 6.54 Å². The Labute approximate surface area is 101 Å². The fourth-order valence-corrected chi connectivity index (χ4v) is 3.00. The van der Waals surface area contributed by atoms with Gasteiger partial charge in [-0.05, 0) is 6.92 Å². The molecule has 0 bridgehead atoms. The molecule has 0 aromatic rings. The number of carbonyl (C=O) groups is 1. The molecule has 0 aromatic carbocycles. The van der Waals surface area contributed by atoms with Crippen molar-refractivity contribution in [2.45, 2.75) is 12.2 Å². The molecule has 1 unspecified atom stereocenters. The molecule has 1 atom stereocenters. The van der Waals surface area contributed by atoms with Crippen LogP contribution in [0.1, 0.15) is 6.92 Å². The zero-order chi connectivity index (χ0) is 13.1. The van der Waals surface area contributed by atoms with Gasteiger partial charge in [0.2, 0.25) is 10.0 Å². The van der Waals surface area contributed by atoms with E-state index in [9.17, 15) is 13.2 Å². The van der Waals surface area contributed by atoms with Crippen LogP contribution in [0, 0.1) is 12.3 Å². The summed E-state index contributed by atoms with van der Waals surface area (Å²) in [6, 6.07) is 0. The van der Waals surface area contributed by atoms with Gasteiger partial charge in [-0.25, -0.2) is 8.42 Å². The molecule has 1 aliphatic heterocycles. The number of terminal acetylenes is 1. The highest BCUT2D eigenvalue weighted by atomic mass is 32.2. The molecule has 1 saturated heterocycles. The lowest BCUT2D eigenvalue weighted by Crippen LogP contribution is -2.51. The monoisotopic (exact) mass is 260 g/mol. The molecule has 6 nitrogen and oxygen atoms in total. The summed E-state index contributed by atoms with van der Waals surface area (Å²) in [6.45, 7) is 3.34. The van der Waals surface area contributed by atoms with Crippen molar-refractivity contribution in [3.05, 3.63) is 0 Å². The first-order valence-electron chi connectivity index (χ1n) is 5.27. The Kier molecular flexibility index (Phi) is 4.51. The summed E-state index contributed by atoms with van der Waals surface area (Å²) in [5.74, 6) is 1.17. The topological polar surface area (TPSA) is 77.9 Å². The quantitative estimate of drug-likeness (QED) is 0.659. The molecule has 0 saturated carbocycles. The molecule has 7 heteroatoms. The summed E-state index contributed by atoms with van der Waals surface area (Å²) < 4.78 is 25.0. The van der Waals surface area contributed by atoms with Crippen LogP contribution in [-0.4, -0.2) is 66.7 Å². The highest BCUT2D eigenvalue weighted by Gasteiger charge is 2.35. The lowest BCUT2D eigenvalue weighted by molar-refractivity contribution is -0.136. The summed E-state index contributed by atoms with van der Waals surface area (Å²) in [5, 5.41) is 7.34. The van der Waals surface area contributed by atoms with Gasteiger partial charge in [-0.1, -0.05) is 5.92 Å². The van der Waals surface area contributed by atoms with Crippen molar-refractivity contribution >= 4 is 16.0 Å². The van der Waals surface area contributed by atoms with Crippen molar-refractivity contribution in [3.8, 4) is 12.3 Å². The molecular formula is C10H16N2O4S. The largest absolute Gasteiger partial charge is 0.480 e. The number of hydrogen-bond acceptors (Lipinski definition) is 4. The summed E-state index contributed by atoms with van der Waals surface area (Å²) in [4.78, 5) is 12.7. The molecule has 0 amide bonds. The van der Waals surface area contributed by atoms with Gasteiger partial charge in [-0.3, -0.25) is 9.69 Å². The Hall–Kier alpha value is -1.10. The minimum absolute atomic E-state index is 0.293. The van der Waals surface area contributed by atoms with Crippen LogP contribution in [0.15, 0.2) is 0 Å². The highest BCUT2D eigenvalue weighted by molar-refractivity contribution is 7.90. The number of sulfonamides is 1. The molecule has 1 aliphatic rings. The minimum atomic E-state index is -3.74. The number of aliphatic carboxylic acids is 1. The molecule has 0 aromatic heterocycles. The predicted molar refractivity (Wildman–Crippen MR) is 62.9 cm³/mol. The smallest absolute Gasteiger partial charge is 0.323 e. The minimum Gasteiger partial charge on any atom is -0.480 e. The first kappa shape index (κ1) is 14.0. The van der Waals surface area contributed by atoms with E-state index in [2.05, 4.69) is 5.92 Å². The Morgan fingerprint density at radius 2 is 1.94 bits per heavy atom. The number of nitrogens with zero attached hydrogens (tertiary/aromatic N) is 2. The summed E-state index contributed by atoms with van der Waals surface area (Å²) in [6.07, 6.45) is 5.17. The Morgan fingerprint density at radius 1 is 1.41 bits per heavy atom. The zero-order valence-corrected chi connectivity index (χ0v) is 10.5. The van der Waals surface area contributed by atoms with Crippen molar-refractivity contribution in [2.24, 2.45) is 0 Å².